The number of nitrogens with two attached hydrogens (primary N) is 1. The van der Waals surface area contributed by atoms with Crippen molar-refractivity contribution in [2.75, 3.05) is 6.61 Å². The summed E-state index contributed by atoms with van der Waals surface area (Å²) < 4.78 is 11.1. The van der Waals surface area contributed by atoms with Gasteiger partial charge in [-0.1, -0.05) is 44.2 Å². The third-order valence-electron chi connectivity index (χ3n) is 4.90. The van der Waals surface area contributed by atoms with Gasteiger partial charge in [-0.2, -0.15) is 0 Å². The monoisotopic (exact) mass is 343 g/mol. The first kappa shape index (κ1) is 17.7. The highest BCUT2D eigenvalue weighted by molar-refractivity contribution is 6.00. The second kappa shape index (κ2) is 6.64. The largest absolute Gasteiger partial charge is 0.478 e. The second-order valence-electron chi connectivity index (χ2n) is 7.53. The van der Waals surface area contributed by atoms with E-state index in [4.69, 9.17) is 15.2 Å². The van der Waals surface area contributed by atoms with E-state index in [1.807, 2.05) is 44.2 Å². The minimum atomic E-state index is -0.829. The summed E-state index contributed by atoms with van der Waals surface area (Å²) in [5.74, 6) is -0.925. The molecule has 3 unspecified atom stereocenters. The average molecular weight is 343 g/mol. The molecule has 1 aromatic rings. The summed E-state index contributed by atoms with van der Waals surface area (Å²) in [6.07, 6.45) is 0.244. The highest BCUT2D eigenvalue weighted by atomic mass is 16.5. The fourth-order valence-corrected chi connectivity index (χ4v) is 3.88. The summed E-state index contributed by atoms with van der Waals surface area (Å²) >= 11 is 0. The Balaban J connectivity index is 2.13. The summed E-state index contributed by atoms with van der Waals surface area (Å²) in [4.78, 5) is 25.5. The van der Waals surface area contributed by atoms with Crippen LogP contribution >= 0.6 is 0 Å². The number of rotatable bonds is 3. The van der Waals surface area contributed by atoms with E-state index < -0.39 is 24.0 Å². The maximum atomic E-state index is 12.9. The molecule has 2 N–H and O–H groups in total. The number of carbonyl (C=O) groups is 2. The Morgan fingerprint density at radius 3 is 2.60 bits per heavy atom. The number of Topliss-reactive ketones (excluding diaryl/α,β-unsaturated/α-hetero) is 1. The van der Waals surface area contributed by atoms with E-state index in [9.17, 15) is 9.59 Å². The predicted octanol–water partition coefficient (Wildman–Crippen LogP) is 2.91. The van der Waals surface area contributed by atoms with Gasteiger partial charge in [0.2, 0.25) is 0 Å². The van der Waals surface area contributed by atoms with E-state index in [0.29, 0.717) is 24.2 Å². The molecule has 3 rings (SSSR count). The molecule has 5 heteroatoms. The van der Waals surface area contributed by atoms with Gasteiger partial charge >= 0.3 is 5.97 Å². The van der Waals surface area contributed by atoms with Gasteiger partial charge in [0.05, 0.1) is 6.61 Å². The van der Waals surface area contributed by atoms with E-state index in [-0.39, 0.29) is 17.8 Å². The first-order valence-corrected chi connectivity index (χ1v) is 8.74. The number of allylic oxidation sites excluding steroid dienone is 2. The van der Waals surface area contributed by atoms with Gasteiger partial charge in [-0.15, -0.1) is 0 Å². The lowest BCUT2D eigenvalue weighted by Crippen LogP contribution is -2.48. The first-order chi connectivity index (χ1) is 11.8. The Hall–Kier alpha value is -2.14. The van der Waals surface area contributed by atoms with Crippen molar-refractivity contribution in [1.29, 1.82) is 0 Å². The van der Waals surface area contributed by atoms with Gasteiger partial charge in [-0.3, -0.25) is 15.3 Å². The average Bonchev–Trinajstić information content (AvgIpc) is 2.53. The molecule has 0 bridgehead atoms. The van der Waals surface area contributed by atoms with Crippen LogP contribution in [-0.4, -0.2) is 24.6 Å². The number of esters is 1. The standard InChI is InChI=1S/C20H25NO4/c1-4-24-19(23)17-15(12-8-6-5-7-9-12)16-13(22)10-20(2,3)11-14(16)25-18(17)21/h5-9,15,17-18H,4,10-11,21H2,1-3H3. The van der Waals surface area contributed by atoms with Crippen molar-refractivity contribution in [2.45, 2.75) is 45.8 Å². The fourth-order valence-electron chi connectivity index (χ4n) is 3.88. The van der Waals surface area contributed by atoms with Gasteiger partial charge in [0.25, 0.3) is 0 Å². The number of carbonyl (C=O) groups excluding carboxylic acids is 2. The molecule has 3 atom stereocenters. The maximum absolute atomic E-state index is 12.9. The number of ketones is 1. The smallest absolute Gasteiger partial charge is 0.315 e. The fraction of sp³-hybridized carbons (Fsp3) is 0.500. The van der Waals surface area contributed by atoms with Crippen molar-refractivity contribution in [3.8, 4) is 0 Å². The predicted molar refractivity (Wildman–Crippen MR) is 93.4 cm³/mol. The van der Waals surface area contributed by atoms with Crippen molar-refractivity contribution in [2.24, 2.45) is 17.1 Å². The normalized spacial score (nSPS) is 28.2. The maximum Gasteiger partial charge on any atom is 0.315 e. The molecule has 1 aliphatic heterocycles. The lowest BCUT2D eigenvalue weighted by molar-refractivity contribution is -0.155. The van der Waals surface area contributed by atoms with E-state index >= 15 is 0 Å². The van der Waals surface area contributed by atoms with Gasteiger partial charge in [0, 0.05) is 24.3 Å². The van der Waals surface area contributed by atoms with Crippen LogP contribution < -0.4 is 5.73 Å². The van der Waals surface area contributed by atoms with E-state index in [1.54, 1.807) is 6.92 Å². The van der Waals surface area contributed by atoms with Crippen LogP contribution in [0.1, 0.15) is 45.1 Å². The Bertz CT molecular complexity index is 708. The van der Waals surface area contributed by atoms with E-state index in [1.165, 1.54) is 0 Å². The molecule has 0 amide bonds. The highest BCUT2D eigenvalue weighted by Crippen LogP contribution is 2.48. The third-order valence-corrected chi connectivity index (χ3v) is 4.90. The molecule has 1 aromatic carbocycles. The van der Waals surface area contributed by atoms with E-state index in [2.05, 4.69) is 0 Å². The molecule has 1 heterocycles. The first-order valence-electron chi connectivity index (χ1n) is 8.74. The number of hydrogen-bond acceptors (Lipinski definition) is 5. The Kier molecular flexibility index (Phi) is 4.69. The molecule has 0 radical (unpaired) electrons. The third kappa shape index (κ3) is 3.33. The van der Waals surface area contributed by atoms with Gasteiger partial charge < -0.3 is 9.47 Å². The quantitative estimate of drug-likeness (QED) is 0.854. The zero-order valence-electron chi connectivity index (χ0n) is 15.0. The highest BCUT2D eigenvalue weighted by Gasteiger charge is 2.49. The molecule has 5 nitrogen and oxygen atoms in total. The summed E-state index contributed by atoms with van der Waals surface area (Å²) in [6.45, 7) is 6.09. The molecule has 0 saturated carbocycles. The Morgan fingerprint density at radius 2 is 1.96 bits per heavy atom. The lowest BCUT2D eigenvalue weighted by atomic mass is 9.68. The molecule has 2 aliphatic rings. The summed E-state index contributed by atoms with van der Waals surface area (Å²) in [5.41, 5.74) is 7.51. The van der Waals surface area contributed by atoms with Gasteiger partial charge in [-0.05, 0) is 17.9 Å². The van der Waals surface area contributed by atoms with Crippen LogP contribution in [-0.2, 0) is 19.1 Å². The van der Waals surface area contributed by atoms with Crippen molar-refractivity contribution in [1.82, 2.24) is 0 Å². The van der Waals surface area contributed by atoms with E-state index in [0.717, 1.165) is 5.56 Å². The molecule has 0 spiro atoms. The molecule has 0 saturated heterocycles. The van der Waals surface area contributed by atoms with Crippen LogP contribution in [0.25, 0.3) is 0 Å². The molecular formula is C20H25NO4. The van der Waals surface area contributed by atoms with Crippen molar-refractivity contribution < 1.29 is 19.1 Å². The zero-order valence-corrected chi connectivity index (χ0v) is 15.0. The number of benzene rings is 1. The Morgan fingerprint density at radius 1 is 1.28 bits per heavy atom. The molecule has 0 aromatic heterocycles. The van der Waals surface area contributed by atoms with Crippen LogP contribution in [0.15, 0.2) is 41.7 Å². The molecule has 25 heavy (non-hydrogen) atoms. The summed E-state index contributed by atoms with van der Waals surface area (Å²) in [6, 6.07) is 9.55. The second-order valence-corrected chi connectivity index (χ2v) is 7.53. The van der Waals surface area contributed by atoms with Crippen LogP contribution in [0.3, 0.4) is 0 Å². The van der Waals surface area contributed by atoms with Gasteiger partial charge in [-0.25, -0.2) is 0 Å². The van der Waals surface area contributed by atoms with Crippen LogP contribution in [0.2, 0.25) is 0 Å². The minimum absolute atomic E-state index is 0.0290. The molecule has 1 aliphatic carbocycles. The van der Waals surface area contributed by atoms with Gasteiger partial charge in [0.15, 0.2) is 12.0 Å². The molecule has 134 valence electrons. The van der Waals surface area contributed by atoms with Crippen molar-refractivity contribution in [3.05, 3.63) is 47.2 Å². The topological polar surface area (TPSA) is 78.6 Å². The van der Waals surface area contributed by atoms with Gasteiger partial charge in [0.1, 0.15) is 11.7 Å². The SMILES string of the molecule is CCOC(=O)C1C(N)OC2=C(C(=O)CC(C)(C)C2)C1c1ccccc1. The summed E-state index contributed by atoms with van der Waals surface area (Å²) in [5, 5.41) is 0. The van der Waals surface area contributed by atoms with Crippen molar-refractivity contribution in [3.63, 3.8) is 0 Å². The zero-order chi connectivity index (χ0) is 18.2. The minimum Gasteiger partial charge on any atom is -0.478 e. The lowest BCUT2D eigenvalue weighted by Gasteiger charge is -2.42. The van der Waals surface area contributed by atoms with Crippen molar-refractivity contribution >= 4 is 11.8 Å². The van der Waals surface area contributed by atoms with Crippen LogP contribution in [0.4, 0.5) is 0 Å². The molecular weight excluding hydrogens is 318 g/mol. The van der Waals surface area contributed by atoms with Crippen LogP contribution in [0.5, 0.6) is 0 Å². The number of ether oxygens (including phenoxy) is 2. The Labute approximate surface area is 148 Å². The summed E-state index contributed by atoms with van der Waals surface area (Å²) in [7, 11) is 0. The number of hydrogen-bond donors (Lipinski definition) is 1. The molecule has 0 fully saturated rings. The van der Waals surface area contributed by atoms with Crippen LogP contribution in [0, 0.1) is 11.3 Å².